The Morgan fingerprint density at radius 1 is 1.00 bits per heavy atom. The molecule has 102 valence electrons. The summed E-state index contributed by atoms with van der Waals surface area (Å²) in [5, 5.41) is 0.747. The molecule has 4 nitrogen and oxygen atoms in total. The largest absolute Gasteiger partial charge is 0.398 e. The minimum absolute atomic E-state index is 0.262. The number of rotatable bonds is 2. The van der Waals surface area contributed by atoms with Crippen LogP contribution in [0.3, 0.4) is 0 Å². The van der Waals surface area contributed by atoms with E-state index in [0.717, 1.165) is 5.39 Å². The highest BCUT2D eigenvalue weighted by Crippen LogP contribution is 2.29. The van der Waals surface area contributed by atoms with E-state index >= 15 is 0 Å². The van der Waals surface area contributed by atoms with Gasteiger partial charge in [-0.15, -0.1) is 0 Å². The molecule has 0 spiro atoms. The van der Waals surface area contributed by atoms with Gasteiger partial charge in [-0.2, -0.15) is 0 Å². The number of hydrogen-bond acceptors (Lipinski definition) is 3. The van der Waals surface area contributed by atoms with E-state index in [9.17, 15) is 8.42 Å². The van der Waals surface area contributed by atoms with E-state index in [4.69, 9.17) is 5.73 Å². The van der Waals surface area contributed by atoms with Gasteiger partial charge in [-0.1, -0.05) is 24.3 Å². The maximum atomic E-state index is 12.8. The molecule has 2 aromatic carbocycles. The van der Waals surface area contributed by atoms with Crippen molar-refractivity contribution < 1.29 is 8.42 Å². The monoisotopic (exact) mass is 398 g/mol. The van der Waals surface area contributed by atoms with E-state index in [0.29, 0.717) is 14.9 Å². The molecule has 0 fully saturated rings. The molecule has 0 unspecified atom stereocenters. The maximum Gasteiger partial charge on any atom is 0.269 e. The lowest BCUT2D eigenvalue weighted by molar-refractivity contribution is 0.588. The molecular formula is C14H11IN2O2S. The lowest BCUT2D eigenvalue weighted by Gasteiger charge is -2.09. The molecule has 6 heteroatoms. The first-order valence-electron chi connectivity index (χ1n) is 5.88. The van der Waals surface area contributed by atoms with Crippen LogP contribution in [0.5, 0.6) is 0 Å². The van der Waals surface area contributed by atoms with Gasteiger partial charge in [-0.3, -0.25) is 0 Å². The standard InChI is InChI=1S/C14H11IN2O2S/c15-14-9-11-12(16)7-4-8-13(11)17(14)20(18,19)10-5-2-1-3-6-10/h1-9H,16H2. The second-order valence-electron chi connectivity index (χ2n) is 4.33. The Kier molecular flexibility index (Phi) is 3.21. The van der Waals surface area contributed by atoms with Crippen molar-refractivity contribution in [1.82, 2.24) is 3.97 Å². The quantitative estimate of drug-likeness (QED) is 0.533. The molecular weight excluding hydrogens is 387 g/mol. The van der Waals surface area contributed by atoms with Gasteiger partial charge in [0.1, 0.15) is 0 Å². The molecule has 1 heterocycles. The van der Waals surface area contributed by atoms with Crippen LogP contribution in [0.15, 0.2) is 59.5 Å². The van der Waals surface area contributed by atoms with Crippen molar-refractivity contribution in [3.8, 4) is 0 Å². The van der Waals surface area contributed by atoms with Gasteiger partial charge in [-0.05, 0) is 52.9 Å². The summed E-state index contributed by atoms with van der Waals surface area (Å²) in [7, 11) is -3.62. The molecule has 3 rings (SSSR count). The number of benzene rings is 2. The molecule has 0 aliphatic carbocycles. The van der Waals surface area contributed by atoms with Crippen molar-refractivity contribution in [2.75, 3.05) is 5.73 Å². The maximum absolute atomic E-state index is 12.8. The first-order chi connectivity index (χ1) is 9.51. The molecule has 3 aromatic rings. The summed E-state index contributed by atoms with van der Waals surface area (Å²) >= 11 is 2.01. The van der Waals surface area contributed by atoms with Gasteiger partial charge in [0.2, 0.25) is 0 Å². The molecule has 0 aliphatic rings. The number of nitrogens with zero attached hydrogens (tertiary/aromatic N) is 1. The molecule has 1 aromatic heterocycles. The zero-order valence-corrected chi connectivity index (χ0v) is 13.3. The van der Waals surface area contributed by atoms with Crippen LogP contribution in [0.1, 0.15) is 0 Å². The van der Waals surface area contributed by atoms with E-state index in [-0.39, 0.29) is 4.90 Å². The Hall–Kier alpha value is -1.54. The van der Waals surface area contributed by atoms with E-state index in [2.05, 4.69) is 0 Å². The summed E-state index contributed by atoms with van der Waals surface area (Å²) in [5.74, 6) is 0. The highest BCUT2D eigenvalue weighted by atomic mass is 127. The predicted molar refractivity (Wildman–Crippen MR) is 88.1 cm³/mol. The predicted octanol–water partition coefficient (Wildman–Crippen LogP) is 3.07. The molecule has 0 saturated heterocycles. The summed E-state index contributed by atoms with van der Waals surface area (Å²) in [6.45, 7) is 0. The zero-order chi connectivity index (χ0) is 14.3. The molecule has 0 bridgehead atoms. The van der Waals surface area contributed by atoms with Gasteiger partial charge in [-0.25, -0.2) is 12.4 Å². The molecule has 20 heavy (non-hydrogen) atoms. The molecule has 0 atom stereocenters. The first-order valence-corrected chi connectivity index (χ1v) is 8.40. The lowest BCUT2D eigenvalue weighted by atomic mass is 10.2. The molecule has 0 radical (unpaired) electrons. The Balaban J connectivity index is 2.36. The highest BCUT2D eigenvalue weighted by molar-refractivity contribution is 14.1. The van der Waals surface area contributed by atoms with Crippen LogP contribution in [-0.2, 0) is 10.0 Å². The SMILES string of the molecule is Nc1cccc2c1cc(I)n2S(=O)(=O)c1ccccc1. The fourth-order valence-electron chi connectivity index (χ4n) is 2.14. The Morgan fingerprint density at radius 3 is 2.40 bits per heavy atom. The van der Waals surface area contributed by atoms with Gasteiger partial charge in [0, 0.05) is 11.1 Å². The second kappa shape index (κ2) is 4.78. The van der Waals surface area contributed by atoms with Gasteiger partial charge in [0.15, 0.2) is 0 Å². The van der Waals surface area contributed by atoms with E-state index in [1.165, 1.54) is 3.97 Å². The molecule has 0 aliphatic heterocycles. The third kappa shape index (κ3) is 1.99. The second-order valence-corrected chi connectivity index (χ2v) is 7.22. The summed E-state index contributed by atoms with van der Waals surface area (Å²) in [6.07, 6.45) is 0. The van der Waals surface area contributed by atoms with Crippen molar-refractivity contribution in [3.05, 3.63) is 58.3 Å². The van der Waals surface area contributed by atoms with E-state index in [1.807, 2.05) is 22.6 Å². The highest BCUT2D eigenvalue weighted by Gasteiger charge is 2.22. The number of hydrogen-bond donors (Lipinski definition) is 1. The lowest BCUT2D eigenvalue weighted by Crippen LogP contribution is -2.14. The summed E-state index contributed by atoms with van der Waals surface area (Å²) in [4.78, 5) is 0.262. The van der Waals surface area contributed by atoms with Crippen LogP contribution in [0.2, 0.25) is 0 Å². The Bertz CT molecular complexity index is 886. The van der Waals surface area contributed by atoms with Gasteiger partial charge < -0.3 is 5.73 Å². The number of anilines is 1. The first kappa shape index (κ1) is 13.4. The third-order valence-electron chi connectivity index (χ3n) is 3.07. The van der Waals surface area contributed by atoms with Crippen LogP contribution in [-0.4, -0.2) is 12.4 Å². The van der Waals surface area contributed by atoms with E-state index in [1.54, 1.807) is 54.6 Å². The number of fused-ring (bicyclic) bond motifs is 1. The van der Waals surface area contributed by atoms with E-state index < -0.39 is 10.0 Å². The minimum Gasteiger partial charge on any atom is -0.398 e. The Labute approximate surface area is 130 Å². The van der Waals surface area contributed by atoms with Crippen LogP contribution in [0, 0.1) is 3.70 Å². The van der Waals surface area contributed by atoms with Crippen LogP contribution < -0.4 is 5.73 Å². The normalized spacial score (nSPS) is 11.8. The van der Waals surface area contributed by atoms with Crippen LogP contribution in [0.4, 0.5) is 5.69 Å². The fraction of sp³-hybridized carbons (Fsp3) is 0. The minimum atomic E-state index is -3.62. The van der Waals surface area contributed by atoms with Crippen LogP contribution >= 0.6 is 22.6 Å². The molecule has 0 saturated carbocycles. The number of halogens is 1. The van der Waals surface area contributed by atoms with Gasteiger partial charge >= 0.3 is 0 Å². The topological polar surface area (TPSA) is 65.1 Å². The molecule has 2 N–H and O–H groups in total. The van der Waals surface area contributed by atoms with Crippen molar-refractivity contribution in [2.24, 2.45) is 0 Å². The average molecular weight is 398 g/mol. The number of aromatic nitrogens is 1. The van der Waals surface area contributed by atoms with Crippen molar-refractivity contribution in [2.45, 2.75) is 4.90 Å². The van der Waals surface area contributed by atoms with Gasteiger partial charge in [0.05, 0.1) is 14.1 Å². The molecule has 0 amide bonds. The van der Waals surface area contributed by atoms with Gasteiger partial charge in [0.25, 0.3) is 10.0 Å². The number of nitrogen functional groups attached to an aromatic ring is 1. The summed E-state index contributed by atoms with van der Waals surface area (Å²) < 4.78 is 27.5. The summed E-state index contributed by atoms with van der Waals surface area (Å²) in [5.41, 5.74) is 7.08. The smallest absolute Gasteiger partial charge is 0.269 e. The number of nitrogens with two attached hydrogens (primary N) is 1. The van der Waals surface area contributed by atoms with Crippen molar-refractivity contribution in [3.63, 3.8) is 0 Å². The average Bonchev–Trinajstić information content (AvgIpc) is 2.78. The fourth-order valence-corrected chi connectivity index (χ4v) is 4.90. The summed E-state index contributed by atoms with van der Waals surface area (Å²) in [6, 6.07) is 15.4. The third-order valence-corrected chi connectivity index (χ3v) is 5.94. The van der Waals surface area contributed by atoms with Crippen LogP contribution in [0.25, 0.3) is 10.9 Å². The van der Waals surface area contributed by atoms with Crippen molar-refractivity contribution in [1.29, 1.82) is 0 Å². The Morgan fingerprint density at radius 2 is 1.70 bits per heavy atom. The van der Waals surface area contributed by atoms with Crippen molar-refractivity contribution >= 4 is 49.2 Å². The zero-order valence-electron chi connectivity index (χ0n) is 10.3.